The van der Waals surface area contributed by atoms with Crippen molar-refractivity contribution in [3.8, 4) is 0 Å². The van der Waals surface area contributed by atoms with E-state index in [0.29, 0.717) is 23.2 Å². The lowest BCUT2D eigenvalue weighted by molar-refractivity contribution is -0.116. The molecule has 0 bridgehead atoms. The van der Waals surface area contributed by atoms with Crippen LogP contribution in [-0.4, -0.2) is 24.4 Å². The summed E-state index contributed by atoms with van der Waals surface area (Å²) >= 11 is 6.08. The number of aryl methyl sites for hydroxylation is 1. The number of carbonyl (C=O) groups excluding carboxylic acids is 1. The topological polar surface area (TPSA) is 32.3 Å². The first-order valence-corrected chi connectivity index (χ1v) is 8.85. The lowest BCUT2D eigenvalue weighted by Gasteiger charge is -2.33. The Hall–Kier alpha value is -1.84. The fourth-order valence-electron chi connectivity index (χ4n) is 3.40. The number of nitrogens with one attached hydrogen (secondary N) is 1. The third-order valence-corrected chi connectivity index (χ3v) is 5.04. The number of nitrogens with zero attached hydrogens (tertiary/aromatic N) is 1. The van der Waals surface area contributed by atoms with Crippen LogP contribution in [-0.2, 0) is 11.2 Å². The molecule has 1 amide bonds. The number of amides is 1. The number of anilines is 1. The molecule has 0 heterocycles. The lowest BCUT2D eigenvalue weighted by atomic mass is 9.87. The minimum Gasteiger partial charge on any atom is -0.325 e. The summed E-state index contributed by atoms with van der Waals surface area (Å²) in [6.07, 6.45) is 3.98. The SMILES string of the molecule is CN(CCC(=O)Nc1ccccc1Cl)[C@H]1CCCc2ccccc21. The van der Waals surface area contributed by atoms with Crippen molar-refractivity contribution in [1.29, 1.82) is 0 Å². The maximum atomic E-state index is 12.2. The first kappa shape index (κ1) is 17.0. The zero-order chi connectivity index (χ0) is 16.9. The number of rotatable bonds is 5. The van der Waals surface area contributed by atoms with E-state index in [1.54, 1.807) is 6.07 Å². The number of carbonyl (C=O) groups is 1. The van der Waals surface area contributed by atoms with E-state index in [0.717, 1.165) is 19.4 Å². The Morgan fingerprint density at radius 1 is 1.21 bits per heavy atom. The van der Waals surface area contributed by atoms with Crippen molar-refractivity contribution in [2.45, 2.75) is 31.7 Å². The van der Waals surface area contributed by atoms with E-state index < -0.39 is 0 Å². The molecule has 0 spiro atoms. The van der Waals surface area contributed by atoms with Crippen LogP contribution in [0.4, 0.5) is 5.69 Å². The van der Waals surface area contributed by atoms with E-state index in [2.05, 4.69) is 41.5 Å². The molecule has 3 nitrogen and oxygen atoms in total. The van der Waals surface area contributed by atoms with Crippen LogP contribution in [0.1, 0.15) is 36.4 Å². The second-order valence-corrected chi connectivity index (χ2v) is 6.77. The lowest BCUT2D eigenvalue weighted by Crippen LogP contribution is -2.30. The van der Waals surface area contributed by atoms with E-state index >= 15 is 0 Å². The third kappa shape index (κ3) is 3.97. The molecule has 1 N–H and O–H groups in total. The van der Waals surface area contributed by atoms with E-state index in [1.807, 2.05) is 18.2 Å². The van der Waals surface area contributed by atoms with Gasteiger partial charge in [0.2, 0.25) is 5.91 Å². The van der Waals surface area contributed by atoms with Gasteiger partial charge in [-0.1, -0.05) is 48.0 Å². The Morgan fingerprint density at radius 3 is 2.79 bits per heavy atom. The molecular formula is C20H23ClN2O. The van der Waals surface area contributed by atoms with Gasteiger partial charge in [-0.05, 0) is 49.6 Å². The molecule has 1 aliphatic rings. The van der Waals surface area contributed by atoms with Crippen LogP contribution in [0.2, 0.25) is 5.02 Å². The fourth-order valence-corrected chi connectivity index (χ4v) is 3.58. The molecule has 1 atom stereocenters. The monoisotopic (exact) mass is 342 g/mol. The first-order valence-electron chi connectivity index (χ1n) is 8.47. The largest absolute Gasteiger partial charge is 0.325 e. The highest BCUT2D eigenvalue weighted by Crippen LogP contribution is 2.33. The average Bonchev–Trinajstić information content (AvgIpc) is 2.61. The molecule has 4 heteroatoms. The summed E-state index contributed by atoms with van der Waals surface area (Å²) in [6.45, 7) is 0.731. The molecule has 0 aliphatic heterocycles. The van der Waals surface area contributed by atoms with Crippen molar-refractivity contribution in [2.75, 3.05) is 18.9 Å². The average molecular weight is 343 g/mol. The molecule has 0 saturated carbocycles. The Bertz CT molecular complexity index is 716. The van der Waals surface area contributed by atoms with Gasteiger partial charge in [-0.2, -0.15) is 0 Å². The van der Waals surface area contributed by atoms with Gasteiger partial charge in [0.15, 0.2) is 0 Å². The maximum Gasteiger partial charge on any atom is 0.225 e. The quantitative estimate of drug-likeness (QED) is 0.855. The van der Waals surface area contributed by atoms with Crippen LogP contribution in [0.3, 0.4) is 0 Å². The number of fused-ring (bicyclic) bond motifs is 1. The van der Waals surface area contributed by atoms with Crippen molar-refractivity contribution in [1.82, 2.24) is 4.90 Å². The minimum absolute atomic E-state index is 0.000885. The van der Waals surface area contributed by atoms with Gasteiger partial charge in [0.25, 0.3) is 0 Å². The molecule has 0 fully saturated rings. The van der Waals surface area contributed by atoms with Crippen molar-refractivity contribution in [2.24, 2.45) is 0 Å². The summed E-state index contributed by atoms with van der Waals surface area (Å²) in [5.41, 5.74) is 3.54. The third-order valence-electron chi connectivity index (χ3n) is 4.71. The fraction of sp³-hybridized carbons (Fsp3) is 0.350. The zero-order valence-corrected chi connectivity index (χ0v) is 14.7. The standard InChI is InChI=1S/C20H23ClN2O/c1-23(19-12-6-8-15-7-2-3-9-16(15)19)14-13-20(24)22-18-11-5-4-10-17(18)21/h2-5,7,9-11,19H,6,8,12-14H2,1H3,(H,22,24)/t19-/m0/s1. The first-order chi connectivity index (χ1) is 11.6. The predicted octanol–water partition coefficient (Wildman–Crippen LogP) is 4.68. The second-order valence-electron chi connectivity index (χ2n) is 6.37. The van der Waals surface area contributed by atoms with Gasteiger partial charge in [-0.3, -0.25) is 9.69 Å². The second kappa shape index (κ2) is 7.82. The van der Waals surface area contributed by atoms with Gasteiger partial charge >= 0.3 is 0 Å². The molecule has 0 aromatic heterocycles. The van der Waals surface area contributed by atoms with Crippen LogP contribution in [0.15, 0.2) is 48.5 Å². The van der Waals surface area contributed by atoms with Crippen molar-refractivity contribution < 1.29 is 4.79 Å². The van der Waals surface area contributed by atoms with Gasteiger partial charge in [0.1, 0.15) is 0 Å². The van der Waals surface area contributed by atoms with Gasteiger partial charge in [-0.25, -0.2) is 0 Å². The van der Waals surface area contributed by atoms with Crippen LogP contribution < -0.4 is 5.32 Å². The van der Waals surface area contributed by atoms with Gasteiger partial charge in [0.05, 0.1) is 10.7 Å². The summed E-state index contributed by atoms with van der Waals surface area (Å²) in [5, 5.41) is 3.46. The normalized spacial score (nSPS) is 16.7. The predicted molar refractivity (Wildman–Crippen MR) is 99.4 cm³/mol. The van der Waals surface area contributed by atoms with Gasteiger partial charge in [-0.15, -0.1) is 0 Å². The molecule has 2 aromatic rings. The highest BCUT2D eigenvalue weighted by Gasteiger charge is 2.23. The molecular weight excluding hydrogens is 320 g/mol. The highest BCUT2D eigenvalue weighted by molar-refractivity contribution is 6.33. The zero-order valence-electron chi connectivity index (χ0n) is 14.0. The molecule has 0 radical (unpaired) electrons. The summed E-state index contributed by atoms with van der Waals surface area (Å²) in [5.74, 6) is -0.000885. The Kier molecular flexibility index (Phi) is 5.54. The molecule has 2 aromatic carbocycles. The minimum atomic E-state index is -0.000885. The highest BCUT2D eigenvalue weighted by atomic mass is 35.5. The van der Waals surface area contributed by atoms with Gasteiger partial charge < -0.3 is 5.32 Å². The Balaban J connectivity index is 1.57. The number of benzene rings is 2. The van der Waals surface area contributed by atoms with E-state index in [1.165, 1.54) is 17.5 Å². The summed E-state index contributed by atoms with van der Waals surface area (Å²) in [4.78, 5) is 14.5. The summed E-state index contributed by atoms with van der Waals surface area (Å²) in [7, 11) is 2.11. The number of para-hydroxylation sites is 1. The summed E-state index contributed by atoms with van der Waals surface area (Å²) < 4.78 is 0. The summed E-state index contributed by atoms with van der Waals surface area (Å²) in [6, 6.07) is 16.4. The van der Waals surface area contributed by atoms with Crippen LogP contribution in [0.25, 0.3) is 0 Å². The van der Waals surface area contributed by atoms with Crippen molar-refractivity contribution >= 4 is 23.2 Å². The molecule has 126 valence electrons. The molecule has 24 heavy (non-hydrogen) atoms. The smallest absolute Gasteiger partial charge is 0.225 e. The molecule has 1 aliphatic carbocycles. The van der Waals surface area contributed by atoms with Crippen LogP contribution >= 0.6 is 11.6 Å². The molecule has 3 rings (SSSR count). The molecule has 0 saturated heterocycles. The molecule has 0 unspecified atom stereocenters. The van der Waals surface area contributed by atoms with Crippen LogP contribution in [0.5, 0.6) is 0 Å². The number of hydrogen-bond acceptors (Lipinski definition) is 2. The maximum absolute atomic E-state index is 12.2. The van der Waals surface area contributed by atoms with E-state index in [9.17, 15) is 4.79 Å². The van der Waals surface area contributed by atoms with Crippen molar-refractivity contribution in [3.63, 3.8) is 0 Å². The van der Waals surface area contributed by atoms with Crippen LogP contribution in [0, 0.1) is 0 Å². The Morgan fingerprint density at radius 2 is 1.96 bits per heavy atom. The van der Waals surface area contributed by atoms with Gasteiger partial charge in [0, 0.05) is 19.0 Å². The Labute approximate surface area is 148 Å². The van der Waals surface area contributed by atoms with E-state index in [-0.39, 0.29) is 5.91 Å². The number of halogens is 1. The van der Waals surface area contributed by atoms with Crippen molar-refractivity contribution in [3.05, 3.63) is 64.7 Å². The number of hydrogen-bond donors (Lipinski definition) is 1. The van der Waals surface area contributed by atoms with E-state index in [4.69, 9.17) is 11.6 Å².